The maximum Gasteiger partial charge on any atom is 0.262 e. The molecule has 6 heteroatoms. The zero-order valence-corrected chi connectivity index (χ0v) is 13.3. The number of rotatable bonds is 6. The fourth-order valence-corrected chi connectivity index (χ4v) is 2.25. The zero-order valence-electron chi connectivity index (χ0n) is 11.7. The molecule has 112 valence electrons. The van der Waals surface area contributed by atoms with Crippen molar-refractivity contribution in [3.63, 3.8) is 0 Å². The van der Waals surface area contributed by atoms with Crippen LogP contribution in [0.25, 0.3) is 11.1 Å². The van der Waals surface area contributed by atoms with Crippen LogP contribution in [0.2, 0.25) is 0 Å². The highest BCUT2D eigenvalue weighted by Crippen LogP contribution is 2.24. The van der Waals surface area contributed by atoms with Gasteiger partial charge in [0, 0.05) is 24.1 Å². The third kappa shape index (κ3) is 4.15. The lowest BCUT2D eigenvalue weighted by atomic mass is 10.1. The molecule has 0 spiro atoms. The van der Waals surface area contributed by atoms with Crippen molar-refractivity contribution in [2.75, 3.05) is 13.2 Å². The van der Waals surface area contributed by atoms with Gasteiger partial charge in [0.25, 0.3) is 5.56 Å². The lowest BCUT2D eigenvalue weighted by molar-refractivity contribution is 0.144. The Balaban J connectivity index is 2.21. The highest BCUT2D eigenvalue weighted by atomic mass is 79.9. The maximum absolute atomic E-state index is 12.1. The molecule has 0 atom stereocenters. The van der Waals surface area contributed by atoms with Crippen molar-refractivity contribution in [3.8, 4) is 17.0 Å². The predicted octanol–water partition coefficient (Wildman–Crippen LogP) is 2.87. The summed E-state index contributed by atoms with van der Waals surface area (Å²) in [5, 5.41) is 10.0. The first-order valence-corrected chi connectivity index (χ1v) is 7.57. The number of nitrogens with zero attached hydrogens (tertiary/aromatic N) is 1. The van der Waals surface area contributed by atoms with Crippen molar-refractivity contribution in [1.29, 1.82) is 0 Å². The molecular formula is C15H17BrN2O3. The summed E-state index contributed by atoms with van der Waals surface area (Å²) >= 11 is 3.33. The fraction of sp³-hybridized carbons (Fsp3) is 0.333. The Kier molecular flexibility index (Phi) is 5.52. The van der Waals surface area contributed by atoms with E-state index in [9.17, 15) is 9.90 Å². The van der Waals surface area contributed by atoms with Gasteiger partial charge >= 0.3 is 0 Å². The van der Waals surface area contributed by atoms with E-state index in [4.69, 9.17) is 4.74 Å². The number of aromatic amines is 1. The molecule has 5 nitrogen and oxygen atoms in total. The molecule has 1 aromatic heterocycles. The second-order valence-corrected chi connectivity index (χ2v) is 5.43. The molecule has 0 saturated carbocycles. The number of hydrogen-bond acceptors (Lipinski definition) is 4. The number of aromatic nitrogens is 2. The van der Waals surface area contributed by atoms with E-state index >= 15 is 0 Å². The number of aryl methyl sites for hydroxylation is 1. The van der Waals surface area contributed by atoms with Crippen molar-refractivity contribution in [2.24, 2.45) is 0 Å². The molecule has 2 rings (SSSR count). The highest BCUT2D eigenvalue weighted by Gasteiger charge is 2.12. The highest BCUT2D eigenvalue weighted by molar-refractivity contribution is 9.10. The van der Waals surface area contributed by atoms with Gasteiger partial charge in [0.15, 0.2) is 0 Å². The second-order valence-electron chi connectivity index (χ2n) is 4.52. The first kappa shape index (κ1) is 15.7. The standard InChI is InChI=1S/C15H17BrN2O3/c1-2-21-9-3-4-12-17-14(19)13(15(20)18-12)10-5-7-11(16)8-6-10/h5-8H,2-4,9H2,1H3,(H2,17,18,19,20). The van der Waals surface area contributed by atoms with Gasteiger partial charge in [-0.1, -0.05) is 28.1 Å². The summed E-state index contributed by atoms with van der Waals surface area (Å²) in [5.41, 5.74) is 0.484. The quantitative estimate of drug-likeness (QED) is 0.783. The number of ether oxygens (including phenoxy) is 1. The van der Waals surface area contributed by atoms with Crippen LogP contribution in [-0.4, -0.2) is 28.3 Å². The van der Waals surface area contributed by atoms with Gasteiger partial charge in [-0.3, -0.25) is 4.79 Å². The molecule has 1 aromatic carbocycles. The normalized spacial score (nSPS) is 10.8. The van der Waals surface area contributed by atoms with E-state index in [0.717, 1.165) is 10.9 Å². The van der Waals surface area contributed by atoms with Gasteiger partial charge in [-0.15, -0.1) is 0 Å². The van der Waals surface area contributed by atoms with E-state index in [1.54, 1.807) is 12.1 Å². The molecule has 0 amide bonds. The molecular weight excluding hydrogens is 336 g/mol. The van der Waals surface area contributed by atoms with E-state index in [1.165, 1.54) is 0 Å². The minimum Gasteiger partial charge on any atom is -0.493 e. The van der Waals surface area contributed by atoms with Gasteiger partial charge in [-0.2, -0.15) is 4.98 Å². The Labute approximate surface area is 131 Å². The van der Waals surface area contributed by atoms with Gasteiger partial charge in [-0.25, -0.2) is 0 Å². The van der Waals surface area contributed by atoms with Crippen LogP contribution in [0.5, 0.6) is 5.88 Å². The largest absolute Gasteiger partial charge is 0.493 e. The number of hydrogen-bond donors (Lipinski definition) is 2. The maximum atomic E-state index is 12.1. The first-order chi connectivity index (χ1) is 10.1. The van der Waals surface area contributed by atoms with E-state index in [-0.39, 0.29) is 17.0 Å². The number of nitrogens with one attached hydrogen (secondary N) is 1. The molecule has 0 fully saturated rings. The SMILES string of the molecule is CCOCCCc1nc(O)c(-c2ccc(Br)cc2)c(=O)[nH]1. The van der Waals surface area contributed by atoms with Crippen LogP contribution >= 0.6 is 15.9 Å². The van der Waals surface area contributed by atoms with E-state index < -0.39 is 0 Å². The van der Waals surface area contributed by atoms with Gasteiger partial charge in [0.2, 0.25) is 5.88 Å². The van der Waals surface area contributed by atoms with Crippen LogP contribution in [0.1, 0.15) is 19.2 Å². The molecule has 0 aliphatic carbocycles. The number of benzene rings is 1. The number of halogens is 1. The third-order valence-corrected chi connectivity index (χ3v) is 3.52. The summed E-state index contributed by atoms with van der Waals surface area (Å²) in [6.07, 6.45) is 1.30. The third-order valence-electron chi connectivity index (χ3n) is 2.99. The molecule has 0 aliphatic heterocycles. The van der Waals surface area contributed by atoms with E-state index in [0.29, 0.717) is 31.0 Å². The Morgan fingerprint density at radius 1 is 1.33 bits per heavy atom. The van der Waals surface area contributed by atoms with Crippen LogP contribution in [0, 0.1) is 0 Å². The van der Waals surface area contributed by atoms with Gasteiger partial charge in [0.05, 0.1) is 0 Å². The van der Waals surface area contributed by atoms with E-state index in [1.807, 2.05) is 19.1 Å². The average Bonchev–Trinajstić information content (AvgIpc) is 2.45. The van der Waals surface area contributed by atoms with Crippen molar-refractivity contribution in [2.45, 2.75) is 19.8 Å². The molecule has 0 saturated heterocycles. The van der Waals surface area contributed by atoms with Crippen LogP contribution in [0.15, 0.2) is 33.5 Å². The van der Waals surface area contributed by atoms with Crippen molar-refractivity contribution >= 4 is 15.9 Å². The first-order valence-electron chi connectivity index (χ1n) is 6.77. The minimum atomic E-state index is -0.337. The summed E-state index contributed by atoms with van der Waals surface area (Å²) in [5.74, 6) is 0.227. The predicted molar refractivity (Wildman–Crippen MR) is 84.5 cm³/mol. The molecule has 0 bridgehead atoms. The topological polar surface area (TPSA) is 75.2 Å². The Bertz CT molecular complexity index is 653. The van der Waals surface area contributed by atoms with E-state index in [2.05, 4.69) is 25.9 Å². The molecule has 0 unspecified atom stereocenters. The Morgan fingerprint density at radius 3 is 2.67 bits per heavy atom. The fourth-order valence-electron chi connectivity index (χ4n) is 1.99. The van der Waals surface area contributed by atoms with Crippen molar-refractivity contribution < 1.29 is 9.84 Å². The summed E-state index contributed by atoms with van der Waals surface area (Å²) in [7, 11) is 0. The number of H-pyrrole nitrogens is 1. The lowest BCUT2D eigenvalue weighted by Crippen LogP contribution is -2.14. The van der Waals surface area contributed by atoms with Crippen LogP contribution in [0.3, 0.4) is 0 Å². The van der Waals surface area contributed by atoms with Crippen LogP contribution in [-0.2, 0) is 11.2 Å². The smallest absolute Gasteiger partial charge is 0.262 e. The lowest BCUT2D eigenvalue weighted by Gasteiger charge is -2.06. The molecule has 0 aliphatic rings. The summed E-state index contributed by atoms with van der Waals surface area (Å²) in [6, 6.07) is 7.13. The van der Waals surface area contributed by atoms with Gasteiger partial charge in [0.1, 0.15) is 11.4 Å². The Morgan fingerprint density at radius 2 is 2.05 bits per heavy atom. The molecule has 0 radical (unpaired) electrons. The molecule has 2 aromatic rings. The molecule has 1 heterocycles. The van der Waals surface area contributed by atoms with Crippen molar-refractivity contribution in [3.05, 3.63) is 44.9 Å². The average molecular weight is 353 g/mol. The zero-order chi connectivity index (χ0) is 15.2. The summed E-state index contributed by atoms with van der Waals surface area (Å²) < 4.78 is 6.14. The molecule has 21 heavy (non-hydrogen) atoms. The van der Waals surface area contributed by atoms with Crippen LogP contribution < -0.4 is 5.56 Å². The minimum absolute atomic E-state index is 0.191. The number of aromatic hydroxyl groups is 1. The second kappa shape index (κ2) is 7.38. The van der Waals surface area contributed by atoms with Crippen LogP contribution in [0.4, 0.5) is 0 Å². The van der Waals surface area contributed by atoms with Gasteiger partial charge < -0.3 is 14.8 Å². The van der Waals surface area contributed by atoms with Gasteiger partial charge in [-0.05, 0) is 31.0 Å². The summed E-state index contributed by atoms with van der Waals surface area (Å²) in [6.45, 7) is 3.20. The summed E-state index contributed by atoms with van der Waals surface area (Å²) in [4.78, 5) is 18.9. The Hall–Kier alpha value is -1.66. The van der Waals surface area contributed by atoms with Crippen molar-refractivity contribution in [1.82, 2.24) is 9.97 Å². The molecule has 2 N–H and O–H groups in total. The monoisotopic (exact) mass is 352 g/mol.